The Labute approximate surface area is 111 Å². The molecule has 100 valence electrons. The van der Waals surface area contributed by atoms with Gasteiger partial charge >= 0.3 is 0 Å². The summed E-state index contributed by atoms with van der Waals surface area (Å²) in [4.78, 5) is 2.44. The van der Waals surface area contributed by atoms with Crippen LogP contribution in [0.1, 0.15) is 36.0 Å². The second-order valence-electron chi connectivity index (χ2n) is 5.84. The predicted octanol–water partition coefficient (Wildman–Crippen LogP) is 2.88. The van der Waals surface area contributed by atoms with Crippen molar-refractivity contribution in [2.75, 3.05) is 20.1 Å². The van der Waals surface area contributed by atoms with Crippen LogP contribution in [0.2, 0.25) is 0 Å². The fraction of sp³-hybridized carbons (Fsp3) is 0.625. The third-order valence-corrected chi connectivity index (χ3v) is 3.68. The molecular weight excluding hydrogens is 220 g/mol. The van der Waals surface area contributed by atoms with Crippen LogP contribution >= 0.6 is 0 Å². The van der Waals surface area contributed by atoms with Crippen molar-refractivity contribution in [3.63, 3.8) is 0 Å². The third kappa shape index (κ3) is 4.11. The number of rotatable bonds is 4. The summed E-state index contributed by atoms with van der Waals surface area (Å²) in [6.45, 7) is 7.77. The Morgan fingerprint density at radius 1 is 1.17 bits per heavy atom. The zero-order chi connectivity index (χ0) is 13.0. The Hall–Kier alpha value is -0.860. The highest BCUT2D eigenvalue weighted by Crippen LogP contribution is 2.13. The zero-order valence-electron chi connectivity index (χ0n) is 12.0. The molecule has 1 atom stereocenters. The maximum atomic E-state index is 3.62. The van der Waals surface area contributed by atoms with Crippen LogP contribution in [0.15, 0.2) is 18.2 Å². The van der Waals surface area contributed by atoms with Crippen LogP contribution in [-0.4, -0.2) is 31.1 Å². The van der Waals surface area contributed by atoms with Crippen LogP contribution in [0, 0.1) is 13.8 Å². The van der Waals surface area contributed by atoms with Gasteiger partial charge < -0.3 is 10.2 Å². The Morgan fingerprint density at radius 3 is 2.50 bits per heavy atom. The molecule has 0 saturated carbocycles. The van der Waals surface area contributed by atoms with Crippen molar-refractivity contribution in [2.24, 2.45) is 0 Å². The molecule has 0 spiro atoms. The largest absolute Gasteiger partial charge is 0.313 e. The van der Waals surface area contributed by atoms with E-state index in [0.717, 1.165) is 13.1 Å². The van der Waals surface area contributed by atoms with E-state index in [0.29, 0.717) is 6.04 Å². The maximum absolute atomic E-state index is 3.62. The summed E-state index contributed by atoms with van der Waals surface area (Å²) in [5.41, 5.74) is 4.18. The van der Waals surface area contributed by atoms with E-state index in [1.54, 1.807) is 0 Å². The van der Waals surface area contributed by atoms with Crippen molar-refractivity contribution in [2.45, 2.75) is 45.7 Å². The van der Waals surface area contributed by atoms with E-state index >= 15 is 0 Å². The van der Waals surface area contributed by atoms with E-state index in [4.69, 9.17) is 0 Å². The van der Waals surface area contributed by atoms with Crippen LogP contribution in [0.5, 0.6) is 0 Å². The van der Waals surface area contributed by atoms with Crippen LogP contribution in [0.4, 0.5) is 0 Å². The second-order valence-corrected chi connectivity index (χ2v) is 5.84. The van der Waals surface area contributed by atoms with Crippen molar-refractivity contribution < 1.29 is 0 Å². The van der Waals surface area contributed by atoms with Crippen LogP contribution in [-0.2, 0) is 6.54 Å². The molecule has 2 rings (SSSR count). The molecule has 1 unspecified atom stereocenters. The van der Waals surface area contributed by atoms with E-state index in [1.165, 1.54) is 42.5 Å². The first-order valence-corrected chi connectivity index (χ1v) is 7.12. The van der Waals surface area contributed by atoms with Crippen molar-refractivity contribution >= 4 is 0 Å². The molecule has 2 nitrogen and oxygen atoms in total. The van der Waals surface area contributed by atoms with Crippen molar-refractivity contribution in [1.82, 2.24) is 10.2 Å². The lowest BCUT2D eigenvalue weighted by Gasteiger charge is -2.28. The minimum atomic E-state index is 0.689. The number of piperidine rings is 1. The number of benzene rings is 1. The standard InChI is InChI=1S/C16H26N2/c1-13-8-14(2)10-15(9-13)11-18(3)12-16-6-4-5-7-17-16/h8-10,16-17H,4-7,11-12H2,1-3H3. The zero-order valence-corrected chi connectivity index (χ0v) is 12.0. The normalized spacial score (nSPS) is 20.3. The molecule has 0 radical (unpaired) electrons. The number of hydrogen-bond acceptors (Lipinski definition) is 2. The molecule has 1 aromatic rings. The lowest BCUT2D eigenvalue weighted by molar-refractivity contribution is 0.256. The van der Waals surface area contributed by atoms with Crippen LogP contribution < -0.4 is 5.32 Å². The molecule has 1 aromatic carbocycles. The molecule has 1 fully saturated rings. The summed E-state index contributed by atoms with van der Waals surface area (Å²) in [6, 6.07) is 7.54. The third-order valence-electron chi connectivity index (χ3n) is 3.68. The molecule has 1 heterocycles. The smallest absolute Gasteiger partial charge is 0.0231 e. The fourth-order valence-electron chi connectivity index (χ4n) is 2.99. The summed E-state index contributed by atoms with van der Waals surface area (Å²) in [5, 5.41) is 3.62. The second kappa shape index (κ2) is 6.35. The number of nitrogens with one attached hydrogen (secondary N) is 1. The molecule has 1 N–H and O–H groups in total. The highest BCUT2D eigenvalue weighted by molar-refractivity contribution is 5.28. The molecule has 0 bridgehead atoms. The van der Waals surface area contributed by atoms with E-state index in [9.17, 15) is 0 Å². The molecule has 0 amide bonds. The molecule has 2 heteroatoms. The Morgan fingerprint density at radius 2 is 1.89 bits per heavy atom. The van der Waals surface area contributed by atoms with E-state index in [2.05, 4.69) is 49.3 Å². The predicted molar refractivity (Wildman–Crippen MR) is 77.9 cm³/mol. The summed E-state index contributed by atoms with van der Waals surface area (Å²) >= 11 is 0. The van der Waals surface area contributed by atoms with Crippen molar-refractivity contribution in [3.8, 4) is 0 Å². The summed E-state index contributed by atoms with van der Waals surface area (Å²) in [6.07, 6.45) is 4.06. The number of aryl methyl sites for hydroxylation is 2. The first kappa shape index (κ1) is 13.6. The van der Waals surface area contributed by atoms with Gasteiger partial charge in [0.15, 0.2) is 0 Å². The lowest BCUT2D eigenvalue weighted by atomic mass is 10.0. The molecule has 0 aromatic heterocycles. The van der Waals surface area contributed by atoms with Gasteiger partial charge in [-0.3, -0.25) is 0 Å². The van der Waals surface area contributed by atoms with Gasteiger partial charge in [0.05, 0.1) is 0 Å². The Bertz CT molecular complexity index is 360. The van der Waals surface area contributed by atoms with Gasteiger partial charge in [-0.25, -0.2) is 0 Å². The van der Waals surface area contributed by atoms with Gasteiger partial charge in [0, 0.05) is 19.1 Å². The topological polar surface area (TPSA) is 15.3 Å². The minimum absolute atomic E-state index is 0.689. The van der Waals surface area contributed by atoms with Gasteiger partial charge in [-0.05, 0) is 45.8 Å². The van der Waals surface area contributed by atoms with Gasteiger partial charge in [-0.1, -0.05) is 35.7 Å². The quantitative estimate of drug-likeness (QED) is 0.879. The average Bonchev–Trinajstić information content (AvgIpc) is 2.28. The van der Waals surface area contributed by atoms with E-state index in [-0.39, 0.29) is 0 Å². The molecule has 1 saturated heterocycles. The Balaban J connectivity index is 1.87. The Kier molecular flexibility index (Phi) is 4.79. The number of likely N-dealkylation sites (N-methyl/N-ethyl adjacent to an activating group) is 1. The van der Waals surface area contributed by atoms with Crippen molar-refractivity contribution in [3.05, 3.63) is 34.9 Å². The fourth-order valence-corrected chi connectivity index (χ4v) is 2.99. The number of hydrogen-bond donors (Lipinski definition) is 1. The first-order chi connectivity index (χ1) is 8.63. The van der Waals surface area contributed by atoms with E-state index < -0.39 is 0 Å². The SMILES string of the molecule is Cc1cc(C)cc(CN(C)CC2CCCCN2)c1. The average molecular weight is 246 g/mol. The van der Waals surface area contributed by atoms with Gasteiger partial charge in [-0.15, -0.1) is 0 Å². The van der Waals surface area contributed by atoms with Gasteiger partial charge in [0.1, 0.15) is 0 Å². The molecule has 1 aliphatic heterocycles. The van der Waals surface area contributed by atoms with Crippen LogP contribution in [0.3, 0.4) is 0 Å². The molecule has 0 aliphatic carbocycles. The molecular formula is C16H26N2. The van der Waals surface area contributed by atoms with Gasteiger partial charge in [0.2, 0.25) is 0 Å². The van der Waals surface area contributed by atoms with Gasteiger partial charge in [-0.2, -0.15) is 0 Å². The summed E-state index contributed by atoms with van der Waals surface area (Å²) in [5.74, 6) is 0. The lowest BCUT2D eigenvalue weighted by Crippen LogP contribution is -2.42. The molecule has 18 heavy (non-hydrogen) atoms. The first-order valence-electron chi connectivity index (χ1n) is 7.12. The van der Waals surface area contributed by atoms with Gasteiger partial charge in [0.25, 0.3) is 0 Å². The highest BCUT2D eigenvalue weighted by Gasteiger charge is 2.14. The van der Waals surface area contributed by atoms with E-state index in [1.807, 2.05) is 0 Å². The van der Waals surface area contributed by atoms with Crippen LogP contribution in [0.25, 0.3) is 0 Å². The summed E-state index contributed by atoms with van der Waals surface area (Å²) in [7, 11) is 2.23. The summed E-state index contributed by atoms with van der Waals surface area (Å²) < 4.78 is 0. The minimum Gasteiger partial charge on any atom is -0.313 e. The monoisotopic (exact) mass is 246 g/mol. The molecule has 1 aliphatic rings. The van der Waals surface area contributed by atoms with Crippen molar-refractivity contribution in [1.29, 1.82) is 0 Å². The number of nitrogens with zero attached hydrogens (tertiary/aromatic N) is 1. The highest BCUT2D eigenvalue weighted by atomic mass is 15.1. The maximum Gasteiger partial charge on any atom is 0.0231 e.